The van der Waals surface area contributed by atoms with Crippen molar-refractivity contribution in [3.8, 4) is 5.75 Å². The zero-order valence-corrected chi connectivity index (χ0v) is 11.5. The zero-order chi connectivity index (χ0) is 14.3. The maximum absolute atomic E-state index is 14.0. The van der Waals surface area contributed by atoms with Gasteiger partial charge >= 0.3 is 0 Å². The Bertz CT molecular complexity index is 384. The Morgan fingerprint density at radius 3 is 2.32 bits per heavy atom. The van der Waals surface area contributed by atoms with Crippen LogP contribution in [-0.2, 0) is 9.47 Å². The van der Waals surface area contributed by atoms with Crippen molar-refractivity contribution >= 4 is 0 Å². The lowest BCUT2D eigenvalue weighted by Gasteiger charge is -2.26. The smallest absolute Gasteiger partial charge is 0.178 e. The number of ether oxygens (including phenoxy) is 3. The Morgan fingerprint density at radius 1 is 1.26 bits per heavy atom. The summed E-state index contributed by atoms with van der Waals surface area (Å²) in [4.78, 5) is 0. The molecule has 0 fully saturated rings. The molecule has 0 heterocycles. The summed E-state index contributed by atoms with van der Waals surface area (Å²) in [5.74, 6) is 5.52. The summed E-state index contributed by atoms with van der Waals surface area (Å²) in [7, 11) is 1.48. The van der Waals surface area contributed by atoms with E-state index < -0.39 is 18.1 Å². The van der Waals surface area contributed by atoms with Crippen LogP contribution in [0.5, 0.6) is 5.75 Å². The normalized spacial score (nSPS) is 12.7. The zero-order valence-electron chi connectivity index (χ0n) is 11.5. The standard InChI is InChI=1S/C13H21FN2O3/c1-4-18-13(19-5-2)12(16-15)10-7-6-9(17-3)8-11(10)14/h6-8,12-13,16H,4-5,15H2,1-3H3. The Hall–Kier alpha value is -1.21. The van der Waals surface area contributed by atoms with E-state index in [1.807, 2.05) is 13.8 Å². The SMILES string of the molecule is CCOC(OCC)C(NN)c1ccc(OC)cc1F. The molecule has 1 atom stereocenters. The van der Waals surface area contributed by atoms with Crippen LogP contribution in [0, 0.1) is 5.82 Å². The van der Waals surface area contributed by atoms with Crippen LogP contribution in [0.3, 0.4) is 0 Å². The topological polar surface area (TPSA) is 65.7 Å². The van der Waals surface area contributed by atoms with Crippen LogP contribution in [0.2, 0.25) is 0 Å². The molecule has 19 heavy (non-hydrogen) atoms. The molecule has 0 aliphatic carbocycles. The summed E-state index contributed by atoms with van der Waals surface area (Å²) in [6.07, 6.45) is -0.650. The molecule has 0 saturated carbocycles. The predicted molar refractivity (Wildman–Crippen MR) is 70.1 cm³/mol. The number of hydrazine groups is 1. The minimum atomic E-state index is -0.650. The first-order valence-corrected chi connectivity index (χ1v) is 6.20. The van der Waals surface area contributed by atoms with Gasteiger partial charge in [0.1, 0.15) is 11.6 Å². The number of hydrogen-bond acceptors (Lipinski definition) is 5. The highest BCUT2D eigenvalue weighted by Crippen LogP contribution is 2.25. The third-order valence-electron chi connectivity index (χ3n) is 2.66. The Kier molecular flexibility index (Phi) is 6.72. The molecular formula is C13H21FN2O3. The van der Waals surface area contributed by atoms with E-state index in [9.17, 15) is 4.39 Å². The molecule has 0 aliphatic heterocycles. The van der Waals surface area contributed by atoms with Crippen LogP contribution in [0.25, 0.3) is 0 Å². The molecule has 1 unspecified atom stereocenters. The summed E-state index contributed by atoms with van der Waals surface area (Å²) >= 11 is 0. The number of benzene rings is 1. The fraction of sp³-hybridized carbons (Fsp3) is 0.538. The van der Waals surface area contributed by atoms with Crippen molar-refractivity contribution in [3.05, 3.63) is 29.6 Å². The summed E-state index contributed by atoms with van der Waals surface area (Å²) in [5, 5.41) is 0. The molecule has 1 aromatic rings. The highest BCUT2D eigenvalue weighted by molar-refractivity contribution is 5.31. The Labute approximate surface area is 112 Å². The largest absolute Gasteiger partial charge is 0.497 e. The molecule has 6 heteroatoms. The third-order valence-corrected chi connectivity index (χ3v) is 2.66. The third kappa shape index (κ3) is 4.14. The first kappa shape index (κ1) is 15.8. The average molecular weight is 272 g/mol. The predicted octanol–water partition coefficient (Wildman–Crippen LogP) is 1.74. The van der Waals surface area contributed by atoms with Gasteiger partial charge in [0.25, 0.3) is 0 Å². The van der Waals surface area contributed by atoms with Crippen molar-refractivity contribution < 1.29 is 18.6 Å². The van der Waals surface area contributed by atoms with Crippen LogP contribution in [0.1, 0.15) is 25.5 Å². The van der Waals surface area contributed by atoms with Gasteiger partial charge in [0.2, 0.25) is 0 Å². The molecule has 1 aromatic carbocycles. The summed E-state index contributed by atoms with van der Waals surface area (Å²) in [6, 6.07) is 3.97. The van der Waals surface area contributed by atoms with Crippen LogP contribution < -0.4 is 16.0 Å². The lowest BCUT2D eigenvalue weighted by atomic mass is 10.1. The van der Waals surface area contributed by atoms with E-state index in [0.29, 0.717) is 24.5 Å². The molecule has 0 aromatic heterocycles. The van der Waals surface area contributed by atoms with E-state index in [0.717, 1.165) is 0 Å². The van der Waals surface area contributed by atoms with Gasteiger partial charge in [-0.1, -0.05) is 6.07 Å². The second-order valence-electron chi connectivity index (χ2n) is 3.81. The maximum atomic E-state index is 14.0. The molecule has 0 amide bonds. The van der Waals surface area contributed by atoms with Gasteiger partial charge in [0.15, 0.2) is 6.29 Å². The molecule has 0 radical (unpaired) electrons. The van der Waals surface area contributed by atoms with Crippen LogP contribution >= 0.6 is 0 Å². The molecule has 1 rings (SSSR count). The fourth-order valence-electron chi connectivity index (χ4n) is 1.77. The van der Waals surface area contributed by atoms with Crippen molar-refractivity contribution in [2.45, 2.75) is 26.2 Å². The Morgan fingerprint density at radius 2 is 1.89 bits per heavy atom. The van der Waals surface area contributed by atoms with Crippen molar-refractivity contribution in [2.75, 3.05) is 20.3 Å². The van der Waals surface area contributed by atoms with Crippen LogP contribution in [0.4, 0.5) is 4.39 Å². The van der Waals surface area contributed by atoms with E-state index in [2.05, 4.69) is 5.43 Å². The minimum absolute atomic E-state index is 0.371. The van der Waals surface area contributed by atoms with Crippen molar-refractivity contribution in [2.24, 2.45) is 5.84 Å². The van der Waals surface area contributed by atoms with E-state index in [4.69, 9.17) is 20.1 Å². The summed E-state index contributed by atoms with van der Waals surface area (Å²) in [6.45, 7) is 4.56. The number of hydrogen-bond donors (Lipinski definition) is 2. The Balaban J connectivity index is 2.99. The van der Waals surface area contributed by atoms with E-state index in [-0.39, 0.29) is 0 Å². The average Bonchev–Trinajstić information content (AvgIpc) is 2.41. The van der Waals surface area contributed by atoms with E-state index >= 15 is 0 Å². The lowest BCUT2D eigenvalue weighted by Crippen LogP contribution is -2.40. The molecule has 0 aliphatic rings. The first-order valence-electron chi connectivity index (χ1n) is 6.20. The number of halogens is 1. The van der Waals surface area contributed by atoms with Crippen LogP contribution in [-0.4, -0.2) is 26.6 Å². The van der Waals surface area contributed by atoms with Gasteiger partial charge in [0, 0.05) is 24.8 Å². The van der Waals surface area contributed by atoms with Gasteiger partial charge in [-0.2, -0.15) is 0 Å². The first-order chi connectivity index (χ1) is 9.17. The van der Waals surface area contributed by atoms with Crippen molar-refractivity contribution in [3.63, 3.8) is 0 Å². The molecule has 3 N–H and O–H groups in total. The second kappa shape index (κ2) is 8.06. The summed E-state index contributed by atoms with van der Waals surface area (Å²) in [5.41, 5.74) is 2.91. The van der Waals surface area contributed by atoms with Crippen LogP contribution in [0.15, 0.2) is 18.2 Å². The van der Waals surface area contributed by atoms with E-state index in [1.165, 1.54) is 13.2 Å². The van der Waals surface area contributed by atoms with Gasteiger partial charge in [-0.15, -0.1) is 0 Å². The minimum Gasteiger partial charge on any atom is -0.497 e. The quantitative estimate of drug-likeness (QED) is 0.429. The number of nitrogens with two attached hydrogens (primary N) is 1. The highest BCUT2D eigenvalue weighted by Gasteiger charge is 2.26. The van der Waals surface area contributed by atoms with Crippen molar-refractivity contribution in [1.82, 2.24) is 5.43 Å². The molecule has 5 nitrogen and oxygen atoms in total. The van der Waals surface area contributed by atoms with Gasteiger partial charge < -0.3 is 14.2 Å². The molecule has 0 spiro atoms. The molecular weight excluding hydrogens is 251 g/mol. The molecule has 0 bridgehead atoms. The number of nitrogens with one attached hydrogen (secondary N) is 1. The maximum Gasteiger partial charge on any atom is 0.178 e. The second-order valence-corrected chi connectivity index (χ2v) is 3.81. The van der Waals surface area contributed by atoms with Gasteiger partial charge in [-0.05, 0) is 19.9 Å². The van der Waals surface area contributed by atoms with E-state index in [1.54, 1.807) is 12.1 Å². The molecule has 108 valence electrons. The van der Waals surface area contributed by atoms with Gasteiger partial charge in [0.05, 0.1) is 13.2 Å². The van der Waals surface area contributed by atoms with Crippen molar-refractivity contribution in [1.29, 1.82) is 0 Å². The van der Waals surface area contributed by atoms with Gasteiger partial charge in [-0.3, -0.25) is 5.84 Å². The fourth-order valence-corrected chi connectivity index (χ4v) is 1.77. The highest BCUT2D eigenvalue weighted by atomic mass is 19.1. The molecule has 0 saturated heterocycles. The van der Waals surface area contributed by atoms with Gasteiger partial charge in [-0.25, -0.2) is 9.82 Å². The lowest BCUT2D eigenvalue weighted by molar-refractivity contribution is -0.155. The monoisotopic (exact) mass is 272 g/mol. The number of methoxy groups -OCH3 is 1. The number of rotatable bonds is 8. The summed E-state index contributed by atoms with van der Waals surface area (Å²) < 4.78 is 29.9.